The zero-order chi connectivity index (χ0) is 12.8. The van der Waals surface area contributed by atoms with Gasteiger partial charge in [-0.1, -0.05) is 36.4 Å². The standard InChI is InChI=1S/C15H15NOS/c16-18-15-7-3-4-12(10-15)8-9-13-5-1-2-6-14(13)11-17/h1-7,10-11H,8-9,16H2. The highest BCUT2D eigenvalue weighted by molar-refractivity contribution is 7.97. The molecule has 2 nitrogen and oxygen atoms in total. The molecule has 0 heterocycles. The van der Waals surface area contributed by atoms with Gasteiger partial charge in [-0.05, 0) is 48.0 Å². The van der Waals surface area contributed by atoms with E-state index < -0.39 is 0 Å². The third-order valence-electron chi connectivity index (χ3n) is 2.90. The summed E-state index contributed by atoms with van der Waals surface area (Å²) in [4.78, 5) is 12.0. The van der Waals surface area contributed by atoms with Crippen LogP contribution in [-0.4, -0.2) is 6.29 Å². The largest absolute Gasteiger partial charge is 0.298 e. The summed E-state index contributed by atoms with van der Waals surface area (Å²) in [6, 6.07) is 15.9. The van der Waals surface area contributed by atoms with Crippen LogP contribution in [0.5, 0.6) is 0 Å². The molecule has 0 unspecified atom stereocenters. The van der Waals surface area contributed by atoms with Crippen LogP contribution in [0.15, 0.2) is 53.4 Å². The van der Waals surface area contributed by atoms with E-state index in [9.17, 15) is 4.79 Å². The van der Waals surface area contributed by atoms with Crippen molar-refractivity contribution in [1.29, 1.82) is 0 Å². The van der Waals surface area contributed by atoms with E-state index in [-0.39, 0.29) is 0 Å². The number of aldehydes is 1. The number of carbonyl (C=O) groups is 1. The van der Waals surface area contributed by atoms with E-state index in [1.807, 2.05) is 36.4 Å². The van der Waals surface area contributed by atoms with E-state index in [0.717, 1.165) is 35.2 Å². The Morgan fingerprint density at radius 1 is 1.06 bits per heavy atom. The molecule has 0 bridgehead atoms. The van der Waals surface area contributed by atoms with Crippen molar-refractivity contribution >= 4 is 18.2 Å². The summed E-state index contributed by atoms with van der Waals surface area (Å²) < 4.78 is 0. The maximum Gasteiger partial charge on any atom is 0.150 e. The van der Waals surface area contributed by atoms with Crippen LogP contribution in [0.25, 0.3) is 0 Å². The Morgan fingerprint density at radius 3 is 2.67 bits per heavy atom. The molecule has 0 aromatic heterocycles. The van der Waals surface area contributed by atoms with Crippen LogP contribution >= 0.6 is 11.9 Å². The fourth-order valence-electron chi connectivity index (χ4n) is 1.93. The normalized spacial score (nSPS) is 10.3. The minimum atomic E-state index is 0.779. The van der Waals surface area contributed by atoms with Crippen molar-refractivity contribution in [2.75, 3.05) is 0 Å². The minimum absolute atomic E-state index is 0.779. The van der Waals surface area contributed by atoms with Crippen LogP contribution in [-0.2, 0) is 12.8 Å². The summed E-state index contributed by atoms with van der Waals surface area (Å²) in [5, 5.41) is 5.54. The second-order valence-electron chi connectivity index (χ2n) is 4.08. The molecule has 3 heteroatoms. The fraction of sp³-hybridized carbons (Fsp3) is 0.133. The molecule has 0 radical (unpaired) electrons. The quantitative estimate of drug-likeness (QED) is 0.660. The van der Waals surface area contributed by atoms with Crippen molar-refractivity contribution in [2.24, 2.45) is 5.14 Å². The van der Waals surface area contributed by atoms with Crippen LogP contribution in [0.2, 0.25) is 0 Å². The second-order valence-corrected chi connectivity index (χ2v) is 4.79. The van der Waals surface area contributed by atoms with Crippen molar-refractivity contribution in [2.45, 2.75) is 17.7 Å². The summed E-state index contributed by atoms with van der Waals surface area (Å²) in [7, 11) is 0. The highest BCUT2D eigenvalue weighted by Gasteiger charge is 2.02. The van der Waals surface area contributed by atoms with Crippen LogP contribution in [0.4, 0.5) is 0 Å². The van der Waals surface area contributed by atoms with E-state index in [1.54, 1.807) is 0 Å². The summed E-state index contributed by atoms with van der Waals surface area (Å²) in [6.45, 7) is 0. The molecule has 0 aliphatic heterocycles. The molecule has 92 valence electrons. The lowest BCUT2D eigenvalue weighted by molar-refractivity contribution is 0.112. The predicted octanol–water partition coefficient (Wildman–Crippen LogP) is 3.25. The van der Waals surface area contributed by atoms with Gasteiger partial charge in [-0.25, -0.2) is 0 Å². The SMILES string of the molecule is NSc1cccc(CCc2ccccc2C=O)c1. The zero-order valence-electron chi connectivity index (χ0n) is 10.0. The summed E-state index contributed by atoms with van der Waals surface area (Å²) in [5.41, 5.74) is 3.12. The first kappa shape index (κ1) is 12.9. The molecule has 0 amide bonds. The Hall–Kier alpha value is -1.58. The van der Waals surface area contributed by atoms with Gasteiger partial charge in [0.2, 0.25) is 0 Å². The highest BCUT2D eigenvalue weighted by atomic mass is 32.2. The number of nitrogens with two attached hydrogens (primary N) is 1. The summed E-state index contributed by atoms with van der Waals surface area (Å²) in [5.74, 6) is 0. The summed E-state index contributed by atoms with van der Waals surface area (Å²) >= 11 is 1.26. The average Bonchev–Trinajstić information content (AvgIpc) is 2.45. The second kappa shape index (κ2) is 6.38. The molecular formula is C15H15NOS. The van der Waals surface area contributed by atoms with Gasteiger partial charge in [0, 0.05) is 10.5 Å². The Morgan fingerprint density at radius 2 is 1.89 bits per heavy atom. The molecule has 0 fully saturated rings. The van der Waals surface area contributed by atoms with Crippen LogP contribution in [0, 0.1) is 0 Å². The molecular weight excluding hydrogens is 242 g/mol. The van der Waals surface area contributed by atoms with Crippen molar-refractivity contribution in [1.82, 2.24) is 0 Å². The molecule has 0 aliphatic rings. The van der Waals surface area contributed by atoms with Gasteiger partial charge in [0.1, 0.15) is 6.29 Å². The average molecular weight is 257 g/mol. The van der Waals surface area contributed by atoms with Crippen molar-refractivity contribution in [3.63, 3.8) is 0 Å². The van der Waals surface area contributed by atoms with Crippen LogP contribution in [0.3, 0.4) is 0 Å². The third-order valence-corrected chi connectivity index (χ3v) is 3.43. The molecule has 2 N–H and O–H groups in total. The topological polar surface area (TPSA) is 43.1 Å². The molecule has 0 atom stereocenters. The number of aryl methyl sites for hydroxylation is 2. The molecule has 0 saturated heterocycles. The lowest BCUT2D eigenvalue weighted by Crippen LogP contribution is -1.96. The van der Waals surface area contributed by atoms with Crippen LogP contribution < -0.4 is 5.14 Å². The maximum absolute atomic E-state index is 10.9. The Bertz CT molecular complexity index is 540. The number of hydrogen-bond donors (Lipinski definition) is 1. The Labute approximate surface area is 111 Å². The lowest BCUT2D eigenvalue weighted by atomic mass is 10.0. The third kappa shape index (κ3) is 3.22. The van der Waals surface area contributed by atoms with Crippen molar-refractivity contribution in [3.8, 4) is 0 Å². The van der Waals surface area contributed by atoms with Gasteiger partial charge in [-0.2, -0.15) is 0 Å². The molecule has 2 aromatic rings. The lowest BCUT2D eigenvalue weighted by Gasteiger charge is -2.06. The molecule has 2 aromatic carbocycles. The molecule has 0 aliphatic carbocycles. The fourth-order valence-corrected chi connectivity index (χ4v) is 2.31. The Kier molecular flexibility index (Phi) is 4.56. The van der Waals surface area contributed by atoms with E-state index >= 15 is 0 Å². The first-order valence-electron chi connectivity index (χ1n) is 5.82. The maximum atomic E-state index is 10.9. The highest BCUT2D eigenvalue weighted by Crippen LogP contribution is 2.16. The van der Waals surface area contributed by atoms with Crippen LogP contribution in [0.1, 0.15) is 21.5 Å². The van der Waals surface area contributed by atoms with Gasteiger partial charge < -0.3 is 0 Å². The van der Waals surface area contributed by atoms with Gasteiger partial charge in [-0.15, -0.1) is 0 Å². The molecule has 0 saturated carbocycles. The minimum Gasteiger partial charge on any atom is -0.298 e. The molecule has 0 spiro atoms. The van der Waals surface area contributed by atoms with Gasteiger partial charge in [0.25, 0.3) is 0 Å². The van der Waals surface area contributed by atoms with E-state index in [1.165, 1.54) is 17.5 Å². The number of rotatable bonds is 5. The van der Waals surface area contributed by atoms with E-state index in [0.29, 0.717) is 0 Å². The molecule has 18 heavy (non-hydrogen) atoms. The first-order chi connectivity index (χ1) is 8.83. The van der Waals surface area contributed by atoms with Gasteiger partial charge in [0.15, 0.2) is 0 Å². The van der Waals surface area contributed by atoms with E-state index in [2.05, 4.69) is 12.1 Å². The predicted molar refractivity (Wildman–Crippen MR) is 75.7 cm³/mol. The molecule has 2 rings (SSSR count). The van der Waals surface area contributed by atoms with Gasteiger partial charge in [0.05, 0.1) is 0 Å². The van der Waals surface area contributed by atoms with Crippen molar-refractivity contribution < 1.29 is 4.79 Å². The number of hydrogen-bond acceptors (Lipinski definition) is 3. The van der Waals surface area contributed by atoms with Gasteiger partial charge in [-0.3, -0.25) is 9.93 Å². The monoisotopic (exact) mass is 257 g/mol. The number of carbonyl (C=O) groups excluding carboxylic acids is 1. The Balaban J connectivity index is 2.08. The van der Waals surface area contributed by atoms with Gasteiger partial charge >= 0.3 is 0 Å². The van der Waals surface area contributed by atoms with E-state index in [4.69, 9.17) is 5.14 Å². The van der Waals surface area contributed by atoms with Crippen molar-refractivity contribution in [3.05, 3.63) is 65.2 Å². The summed E-state index contributed by atoms with van der Waals surface area (Å²) in [6.07, 6.45) is 2.70. The number of benzene rings is 2. The zero-order valence-corrected chi connectivity index (χ0v) is 10.8. The first-order valence-corrected chi connectivity index (χ1v) is 6.70. The smallest absolute Gasteiger partial charge is 0.150 e.